The Morgan fingerprint density at radius 3 is 2.50 bits per heavy atom. The average molecular weight is 420 g/mol. The highest BCUT2D eigenvalue weighted by molar-refractivity contribution is 9.10. The van der Waals surface area contributed by atoms with Crippen LogP contribution in [0, 0.1) is 0 Å². The second kappa shape index (κ2) is 8.23. The van der Waals surface area contributed by atoms with Crippen LogP contribution in [0.4, 0.5) is 0 Å². The molecule has 0 saturated carbocycles. The average Bonchev–Trinajstić information content (AvgIpc) is 2.64. The normalized spacial score (nSPS) is 10.8. The van der Waals surface area contributed by atoms with E-state index in [2.05, 4.69) is 15.9 Å². The molecule has 0 radical (unpaired) electrons. The van der Waals surface area contributed by atoms with Crippen molar-refractivity contribution in [2.45, 2.75) is 19.4 Å². The van der Waals surface area contributed by atoms with Gasteiger partial charge in [-0.05, 0) is 55.3 Å². The van der Waals surface area contributed by atoms with E-state index in [1.54, 1.807) is 25.3 Å². The Balaban J connectivity index is 1.61. The molecule has 0 aliphatic carbocycles. The lowest BCUT2D eigenvalue weighted by Crippen LogP contribution is -2.25. The zero-order valence-corrected chi connectivity index (χ0v) is 15.8. The number of hydrogen-bond donors (Lipinski definition) is 0. The van der Waals surface area contributed by atoms with Crippen LogP contribution in [0.3, 0.4) is 0 Å². The molecular formula is C19H18BrNO5. The number of aryl methyl sites for hydroxylation is 1. The summed E-state index contributed by atoms with van der Waals surface area (Å²) in [6.07, 6.45) is 1.48. The number of halogens is 1. The van der Waals surface area contributed by atoms with Gasteiger partial charge >= 0.3 is 11.4 Å². The molecule has 1 aromatic heterocycles. The lowest BCUT2D eigenvalue weighted by Gasteiger charge is -2.10. The van der Waals surface area contributed by atoms with Gasteiger partial charge in [-0.2, -0.15) is 0 Å². The van der Waals surface area contributed by atoms with Gasteiger partial charge in [-0.15, -0.1) is 0 Å². The minimum atomic E-state index is -0.638. The molecule has 3 rings (SSSR count). The van der Waals surface area contributed by atoms with Gasteiger partial charge in [0.15, 0.2) is 0 Å². The smallest absolute Gasteiger partial charge is 0.422 e. The molecule has 6 nitrogen and oxygen atoms in total. The summed E-state index contributed by atoms with van der Waals surface area (Å²) in [5.41, 5.74) is -0.0455. The summed E-state index contributed by atoms with van der Waals surface area (Å²) in [7, 11) is 1.62. The van der Waals surface area contributed by atoms with Crippen LogP contribution >= 0.6 is 15.9 Å². The van der Waals surface area contributed by atoms with Crippen molar-refractivity contribution >= 4 is 26.8 Å². The van der Waals surface area contributed by atoms with Crippen LogP contribution in [0.2, 0.25) is 0 Å². The van der Waals surface area contributed by atoms with Crippen molar-refractivity contribution in [1.29, 1.82) is 0 Å². The molecule has 0 aliphatic heterocycles. The van der Waals surface area contributed by atoms with Gasteiger partial charge in [-0.1, -0.05) is 15.9 Å². The van der Waals surface area contributed by atoms with Crippen LogP contribution in [0.1, 0.15) is 12.8 Å². The van der Waals surface area contributed by atoms with Crippen LogP contribution in [-0.2, 0) is 6.54 Å². The Kier molecular flexibility index (Phi) is 5.78. The van der Waals surface area contributed by atoms with E-state index in [-0.39, 0.29) is 0 Å². The van der Waals surface area contributed by atoms with E-state index in [9.17, 15) is 9.59 Å². The summed E-state index contributed by atoms with van der Waals surface area (Å²) in [5, 5.41) is 0.383. The molecule has 0 N–H and O–H groups in total. The molecule has 2 aromatic carbocycles. The Labute approximate surface area is 158 Å². The SMILES string of the molecule is COc1ccc(OCCCCn2c(=O)oc(=O)c3cc(Br)ccc32)cc1. The largest absolute Gasteiger partial charge is 0.497 e. The van der Waals surface area contributed by atoms with E-state index in [0.29, 0.717) is 24.1 Å². The molecular weight excluding hydrogens is 402 g/mol. The summed E-state index contributed by atoms with van der Waals surface area (Å²) < 4.78 is 17.8. The summed E-state index contributed by atoms with van der Waals surface area (Å²) in [4.78, 5) is 23.9. The van der Waals surface area contributed by atoms with Gasteiger partial charge in [0.1, 0.15) is 11.5 Å². The number of rotatable bonds is 7. The third-order valence-electron chi connectivity index (χ3n) is 3.97. The number of hydrogen-bond acceptors (Lipinski definition) is 5. The van der Waals surface area contributed by atoms with Gasteiger partial charge in [-0.3, -0.25) is 4.57 Å². The van der Waals surface area contributed by atoms with Gasteiger partial charge in [0.05, 0.1) is 24.6 Å². The van der Waals surface area contributed by atoms with E-state index in [1.165, 1.54) is 4.57 Å². The van der Waals surface area contributed by atoms with E-state index in [1.807, 2.05) is 24.3 Å². The van der Waals surface area contributed by atoms with Crippen LogP contribution in [0.25, 0.3) is 10.9 Å². The minimum absolute atomic E-state index is 0.383. The topological polar surface area (TPSA) is 70.7 Å². The zero-order chi connectivity index (χ0) is 18.5. The highest BCUT2D eigenvalue weighted by Crippen LogP contribution is 2.18. The van der Waals surface area contributed by atoms with Crippen LogP contribution in [0.5, 0.6) is 11.5 Å². The standard InChI is InChI=1S/C19H18BrNO5/c1-24-14-5-7-15(8-6-14)25-11-3-2-10-21-17-9-4-13(20)12-16(17)18(22)26-19(21)23/h4-9,12H,2-3,10-11H2,1H3. The number of ether oxygens (including phenoxy) is 2. The van der Waals surface area contributed by atoms with Crippen molar-refractivity contribution in [3.05, 3.63) is 67.9 Å². The highest BCUT2D eigenvalue weighted by Gasteiger charge is 2.09. The van der Waals surface area contributed by atoms with Crippen LogP contribution in [-0.4, -0.2) is 18.3 Å². The molecule has 3 aromatic rings. The van der Waals surface area contributed by atoms with Crippen molar-refractivity contribution in [2.75, 3.05) is 13.7 Å². The van der Waals surface area contributed by atoms with E-state index in [4.69, 9.17) is 13.9 Å². The van der Waals surface area contributed by atoms with Gasteiger partial charge in [0.2, 0.25) is 0 Å². The number of nitrogens with zero attached hydrogens (tertiary/aromatic N) is 1. The fourth-order valence-electron chi connectivity index (χ4n) is 2.64. The van der Waals surface area contributed by atoms with Crippen molar-refractivity contribution in [1.82, 2.24) is 4.57 Å². The first kappa shape index (κ1) is 18.3. The lowest BCUT2D eigenvalue weighted by molar-refractivity contribution is 0.300. The molecule has 0 amide bonds. The zero-order valence-electron chi connectivity index (χ0n) is 14.2. The van der Waals surface area contributed by atoms with Gasteiger partial charge in [-0.25, -0.2) is 9.59 Å². The summed E-state index contributed by atoms with van der Waals surface area (Å²) in [6.45, 7) is 0.980. The molecule has 0 fully saturated rings. The summed E-state index contributed by atoms with van der Waals surface area (Å²) >= 11 is 3.32. The molecule has 0 aliphatic rings. The maximum atomic E-state index is 12.0. The number of methoxy groups -OCH3 is 1. The Morgan fingerprint density at radius 2 is 1.77 bits per heavy atom. The van der Waals surface area contributed by atoms with Crippen LogP contribution < -0.4 is 20.9 Å². The maximum Gasteiger partial charge on any atom is 0.422 e. The van der Waals surface area contributed by atoms with E-state index in [0.717, 1.165) is 28.8 Å². The van der Waals surface area contributed by atoms with E-state index < -0.39 is 11.4 Å². The maximum absolute atomic E-state index is 12.0. The number of aromatic nitrogens is 1. The number of fused-ring (bicyclic) bond motifs is 1. The van der Waals surface area contributed by atoms with Crippen LogP contribution in [0.15, 0.2) is 60.9 Å². The van der Waals surface area contributed by atoms with E-state index >= 15 is 0 Å². The molecule has 7 heteroatoms. The Bertz CT molecular complexity index is 1010. The molecule has 0 atom stereocenters. The molecule has 0 spiro atoms. The lowest BCUT2D eigenvalue weighted by atomic mass is 10.2. The second-order valence-corrected chi connectivity index (χ2v) is 6.62. The highest BCUT2D eigenvalue weighted by atomic mass is 79.9. The quantitative estimate of drug-likeness (QED) is 0.547. The van der Waals surface area contributed by atoms with Crippen molar-refractivity contribution in [3.63, 3.8) is 0 Å². The number of benzene rings is 2. The molecule has 136 valence electrons. The first-order valence-electron chi connectivity index (χ1n) is 8.18. The second-order valence-electron chi connectivity index (χ2n) is 5.70. The minimum Gasteiger partial charge on any atom is -0.497 e. The molecule has 0 bridgehead atoms. The van der Waals surface area contributed by atoms with Gasteiger partial charge in [0.25, 0.3) is 0 Å². The fraction of sp³-hybridized carbons (Fsp3) is 0.263. The van der Waals surface area contributed by atoms with Crippen molar-refractivity contribution in [2.24, 2.45) is 0 Å². The molecule has 0 saturated heterocycles. The van der Waals surface area contributed by atoms with Gasteiger partial charge < -0.3 is 13.9 Å². The summed E-state index contributed by atoms with van der Waals surface area (Å²) in [6, 6.07) is 12.6. The summed E-state index contributed by atoms with van der Waals surface area (Å²) in [5.74, 6) is 0.908. The predicted octanol–water partition coefficient (Wildman–Crippen LogP) is 3.59. The first-order valence-corrected chi connectivity index (χ1v) is 8.98. The van der Waals surface area contributed by atoms with Crippen molar-refractivity contribution in [3.8, 4) is 11.5 Å². The Morgan fingerprint density at radius 1 is 1.04 bits per heavy atom. The molecule has 0 unspecified atom stereocenters. The molecule has 26 heavy (non-hydrogen) atoms. The predicted molar refractivity (Wildman–Crippen MR) is 102 cm³/mol. The number of unbranched alkanes of at least 4 members (excludes halogenated alkanes) is 1. The molecule has 1 heterocycles. The van der Waals surface area contributed by atoms with Gasteiger partial charge in [0, 0.05) is 11.0 Å². The fourth-order valence-corrected chi connectivity index (χ4v) is 3.00. The third-order valence-corrected chi connectivity index (χ3v) is 4.47. The van der Waals surface area contributed by atoms with Crippen molar-refractivity contribution < 1.29 is 13.9 Å². The third kappa shape index (κ3) is 4.16. The first-order chi connectivity index (χ1) is 12.6. The monoisotopic (exact) mass is 419 g/mol. The Hall–Kier alpha value is -2.54.